The Morgan fingerprint density at radius 1 is 1.14 bits per heavy atom. The minimum atomic E-state index is -0.447. The highest BCUT2D eigenvalue weighted by Crippen LogP contribution is 2.29. The highest BCUT2D eigenvalue weighted by Gasteiger charge is 2.16. The Kier molecular flexibility index (Phi) is 6.23. The van der Waals surface area contributed by atoms with Crippen molar-refractivity contribution in [3.05, 3.63) is 21.9 Å². The minimum absolute atomic E-state index is 0.210. The van der Waals surface area contributed by atoms with E-state index in [2.05, 4.69) is 43.5 Å². The van der Waals surface area contributed by atoms with Crippen molar-refractivity contribution in [1.29, 1.82) is 0 Å². The molecule has 0 aliphatic carbocycles. The van der Waals surface area contributed by atoms with Gasteiger partial charge in [-0.3, -0.25) is 0 Å². The molecule has 2 N–H and O–H groups in total. The lowest BCUT2D eigenvalue weighted by molar-refractivity contribution is 0.0528. The van der Waals surface area contributed by atoms with Crippen molar-refractivity contribution in [2.24, 2.45) is 0 Å². The third-order valence-electron chi connectivity index (χ3n) is 2.67. The molecule has 0 radical (unpaired) electrons. The molecule has 0 saturated carbocycles. The molecule has 0 spiro atoms. The van der Waals surface area contributed by atoms with Crippen LogP contribution in [0.5, 0.6) is 0 Å². The van der Waals surface area contributed by atoms with Crippen LogP contribution in [0, 0.1) is 0 Å². The van der Waals surface area contributed by atoms with Gasteiger partial charge in [0, 0.05) is 29.4 Å². The van der Waals surface area contributed by atoms with E-state index < -0.39 is 5.60 Å². The molecule has 1 heterocycles. The third kappa shape index (κ3) is 7.48. The van der Waals surface area contributed by atoms with Crippen molar-refractivity contribution in [2.45, 2.75) is 59.1 Å². The molecule has 1 rings (SSSR count). The molecular formula is C16H28N2O2S. The molecule has 21 heavy (non-hydrogen) atoms. The molecule has 0 bridgehead atoms. The highest BCUT2D eigenvalue weighted by molar-refractivity contribution is 7.12. The molecule has 4 nitrogen and oxygen atoms in total. The molecule has 0 fully saturated rings. The van der Waals surface area contributed by atoms with Crippen molar-refractivity contribution in [3.63, 3.8) is 0 Å². The maximum absolute atomic E-state index is 11.4. The van der Waals surface area contributed by atoms with Gasteiger partial charge < -0.3 is 15.4 Å². The van der Waals surface area contributed by atoms with Crippen LogP contribution in [0.2, 0.25) is 0 Å². The van der Waals surface area contributed by atoms with E-state index in [0.717, 1.165) is 13.1 Å². The van der Waals surface area contributed by atoms with Gasteiger partial charge in [0.1, 0.15) is 5.60 Å². The SMILES string of the molecule is CC(C)(C)OC(=O)NCCNCc1ccc(C(C)(C)C)s1. The standard InChI is InChI=1S/C16H28N2O2S/c1-15(2,3)13-8-7-12(21-13)11-17-9-10-18-14(19)20-16(4,5)6/h7-8,17H,9-11H2,1-6H3,(H,18,19). The van der Waals surface area contributed by atoms with Gasteiger partial charge in [0.05, 0.1) is 0 Å². The van der Waals surface area contributed by atoms with Crippen LogP contribution in [0.25, 0.3) is 0 Å². The first-order valence-electron chi connectivity index (χ1n) is 7.35. The van der Waals surface area contributed by atoms with Crippen LogP contribution < -0.4 is 10.6 Å². The number of hydrogen-bond donors (Lipinski definition) is 2. The molecule has 0 unspecified atom stereocenters. The third-order valence-corrected chi connectivity index (χ3v) is 4.18. The molecule has 120 valence electrons. The van der Waals surface area contributed by atoms with E-state index in [0.29, 0.717) is 6.54 Å². The van der Waals surface area contributed by atoms with Crippen LogP contribution in [0.4, 0.5) is 4.79 Å². The molecule has 0 atom stereocenters. The van der Waals surface area contributed by atoms with Crippen LogP contribution in [0.15, 0.2) is 12.1 Å². The predicted molar refractivity (Wildman–Crippen MR) is 89.0 cm³/mol. The van der Waals surface area contributed by atoms with Gasteiger partial charge in [-0.2, -0.15) is 0 Å². The number of nitrogens with one attached hydrogen (secondary N) is 2. The first-order chi connectivity index (χ1) is 9.58. The molecule has 0 aliphatic rings. The fourth-order valence-electron chi connectivity index (χ4n) is 1.65. The average Bonchev–Trinajstić information content (AvgIpc) is 2.74. The van der Waals surface area contributed by atoms with Crippen molar-refractivity contribution >= 4 is 17.4 Å². The van der Waals surface area contributed by atoms with Gasteiger partial charge in [-0.25, -0.2) is 4.79 Å². The molecule has 1 aromatic rings. The van der Waals surface area contributed by atoms with Gasteiger partial charge in [0.15, 0.2) is 0 Å². The van der Waals surface area contributed by atoms with Gasteiger partial charge in [0.25, 0.3) is 0 Å². The zero-order chi connectivity index (χ0) is 16.1. The van der Waals surface area contributed by atoms with E-state index in [9.17, 15) is 4.79 Å². The van der Waals surface area contributed by atoms with Crippen LogP contribution >= 0.6 is 11.3 Å². The monoisotopic (exact) mass is 312 g/mol. The zero-order valence-corrected chi connectivity index (χ0v) is 14.8. The second kappa shape index (κ2) is 7.27. The van der Waals surface area contributed by atoms with E-state index in [1.807, 2.05) is 32.1 Å². The van der Waals surface area contributed by atoms with Gasteiger partial charge >= 0.3 is 6.09 Å². The summed E-state index contributed by atoms with van der Waals surface area (Å²) in [5, 5.41) is 6.06. The van der Waals surface area contributed by atoms with E-state index in [4.69, 9.17) is 4.74 Å². The second-order valence-corrected chi connectivity index (χ2v) is 8.29. The van der Waals surface area contributed by atoms with Crippen molar-refractivity contribution in [1.82, 2.24) is 10.6 Å². The number of alkyl carbamates (subject to hydrolysis) is 1. The summed E-state index contributed by atoms with van der Waals surface area (Å²) in [5.74, 6) is 0. The largest absolute Gasteiger partial charge is 0.444 e. The summed E-state index contributed by atoms with van der Waals surface area (Å²) in [4.78, 5) is 14.2. The van der Waals surface area contributed by atoms with E-state index in [-0.39, 0.29) is 11.5 Å². The number of rotatable bonds is 5. The molecule has 5 heteroatoms. The van der Waals surface area contributed by atoms with E-state index >= 15 is 0 Å². The number of hydrogen-bond acceptors (Lipinski definition) is 4. The number of thiophene rings is 1. The summed E-state index contributed by atoms with van der Waals surface area (Å²) in [6.07, 6.45) is -0.365. The Morgan fingerprint density at radius 3 is 2.33 bits per heavy atom. The number of amides is 1. The summed E-state index contributed by atoms with van der Waals surface area (Å²) >= 11 is 1.84. The Balaban J connectivity index is 2.20. The first kappa shape index (κ1) is 18.0. The molecule has 0 saturated heterocycles. The Morgan fingerprint density at radius 2 is 1.81 bits per heavy atom. The predicted octanol–water partition coefficient (Wildman–Crippen LogP) is 3.66. The van der Waals surface area contributed by atoms with Crippen molar-refractivity contribution < 1.29 is 9.53 Å². The molecule has 0 aromatic carbocycles. The molecule has 1 aromatic heterocycles. The van der Waals surface area contributed by atoms with Crippen LogP contribution in [-0.4, -0.2) is 24.8 Å². The first-order valence-corrected chi connectivity index (χ1v) is 8.16. The van der Waals surface area contributed by atoms with Crippen LogP contribution in [-0.2, 0) is 16.7 Å². The number of ether oxygens (including phenoxy) is 1. The van der Waals surface area contributed by atoms with Crippen LogP contribution in [0.1, 0.15) is 51.3 Å². The summed E-state index contributed by atoms with van der Waals surface area (Å²) in [5.41, 5.74) is -0.237. The average molecular weight is 312 g/mol. The van der Waals surface area contributed by atoms with Gasteiger partial charge in [0.2, 0.25) is 0 Å². The Hall–Kier alpha value is -1.07. The van der Waals surface area contributed by atoms with E-state index in [1.165, 1.54) is 9.75 Å². The normalized spacial score (nSPS) is 12.3. The van der Waals surface area contributed by atoms with Gasteiger partial charge in [-0.05, 0) is 38.3 Å². The lowest BCUT2D eigenvalue weighted by Gasteiger charge is -2.19. The van der Waals surface area contributed by atoms with Crippen molar-refractivity contribution in [2.75, 3.05) is 13.1 Å². The Labute approximate surface area is 132 Å². The van der Waals surface area contributed by atoms with Crippen LogP contribution in [0.3, 0.4) is 0 Å². The topological polar surface area (TPSA) is 50.4 Å². The summed E-state index contributed by atoms with van der Waals surface area (Å²) < 4.78 is 5.17. The molecule has 0 aliphatic heterocycles. The highest BCUT2D eigenvalue weighted by atomic mass is 32.1. The van der Waals surface area contributed by atoms with Crippen molar-refractivity contribution in [3.8, 4) is 0 Å². The maximum atomic E-state index is 11.4. The fourth-order valence-corrected chi connectivity index (χ4v) is 2.69. The molecular weight excluding hydrogens is 284 g/mol. The zero-order valence-electron chi connectivity index (χ0n) is 14.0. The smallest absolute Gasteiger partial charge is 0.407 e. The maximum Gasteiger partial charge on any atom is 0.407 e. The number of carbonyl (C=O) groups is 1. The Bertz CT molecular complexity index is 456. The van der Waals surface area contributed by atoms with Gasteiger partial charge in [-0.15, -0.1) is 11.3 Å². The quantitative estimate of drug-likeness (QED) is 0.816. The molecule has 1 amide bonds. The van der Waals surface area contributed by atoms with Gasteiger partial charge in [-0.1, -0.05) is 20.8 Å². The lowest BCUT2D eigenvalue weighted by atomic mass is 9.95. The second-order valence-electron chi connectivity index (χ2n) is 7.12. The number of carbonyl (C=O) groups excluding carboxylic acids is 1. The fraction of sp³-hybridized carbons (Fsp3) is 0.688. The van der Waals surface area contributed by atoms with E-state index in [1.54, 1.807) is 0 Å². The minimum Gasteiger partial charge on any atom is -0.444 e. The summed E-state index contributed by atoms with van der Waals surface area (Å²) in [6, 6.07) is 4.36. The lowest BCUT2D eigenvalue weighted by Crippen LogP contribution is -2.36. The summed E-state index contributed by atoms with van der Waals surface area (Å²) in [6.45, 7) is 14.4. The summed E-state index contributed by atoms with van der Waals surface area (Å²) in [7, 11) is 0.